The molecule has 0 radical (unpaired) electrons. The molecule has 0 amide bonds. The van der Waals surface area contributed by atoms with Gasteiger partial charge in [0.05, 0.1) is 11.6 Å². The Balaban J connectivity index is 1.77. The van der Waals surface area contributed by atoms with E-state index in [4.69, 9.17) is 4.42 Å². The van der Waals surface area contributed by atoms with Crippen LogP contribution in [0, 0.1) is 0 Å². The minimum Gasteiger partial charge on any atom is -0.472 e. The highest BCUT2D eigenvalue weighted by Gasteiger charge is 2.47. The Morgan fingerprint density at radius 1 is 0.735 bits per heavy atom. The fourth-order valence-corrected chi connectivity index (χ4v) is 12.6. The maximum Gasteiger partial charge on any atom is 0.175 e. The lowest BCUT2D eigenvalue weighted by Gasteiger charge is -2.26. The van der Waals surface area contributed by atoms with Crippen molar-refractivity contribution >= 4 is 57.9 Å². The van der Waals surface area contributed by atoms with Gasteiger partial charge < -0.3 is 8.98 Å². The maximum absolute atomic E-state index is 15.5. The number of furan rings is 1. The van der Waals surface area contributed by atoms with Gasteiger partial charge in [-0.05, 0) is 50.0 Å². The molecule has 0 spiro atoms. The molecule has 34 heavy (non-hydrogen) atoms. The molecule has 2 nitrogen and oxygen atoms in total. The van der Waals surface area contributed by atoms with E-state index in [1.54, 1.807) is 12.5 Å². The molecule has 164 valence electrons. The molecule has 3 heterocycles. The van der Waals surface area contributed by atoms with Crippen molar-refractivity contribution in [3.8, 4) is 0 Å². The number of hydrogen-bond donors (Lipinski definition) is 0. The predicted octanol–water partition coefficient (Wildman–Crippen LogP) is 5.81. The summed E-state index contributed by atoms with van der Waals surface area (Å²) in [6.07, 6.45) is 3.31. The maximum atomic E-state index is 15.5. The Labute approximate surface area is 200 Å². The Kier molecular flexibility index (Phi) is 4.02. The summed E-state index contributed by atoms with van der Waals surface area (Å²) < 4.78 is 21.0. The lowest BCUT2D eigenvalue weighted by Crippen LogP contribution is -2.42. The number of benzene rings is 4. The van der Waals surface area contributed by atoms with Crippen LogP contribution in [0.2, 0.25) is 13.1 Å². The number of hydrogen-bond acceptors (Lipinski definition) is 2. The van der Waals surface area contributed by atoms with Crippen LogP contribution < -0.4 is 21.1 Å². The first-order chi connectivity index (χ1) is 16.5. The summed E-state index contributed by atoms with van der Waals surface area (Å²) in [7, 11) is -5.26. The zero-order valence-corrected chi connectivity index (χ0v) is 21.0. The smallest absolute Gasteiger partial charge is 0.175 e. The minimum atomic E-state index is -3.18. The van der Waals surface area contributed by atoms with E-state index in [9.17, 15) is 0 Å². The molecule has 0 aliphatic carbocycles. The monoisotopic (exact) mass is 474 g/mol. The van der Waals surface area contributed by atoms with Gasteiger partial charge in [-0.1, -0.05) is 92.0 Å². The van der Waals surface area contributed by atoms with Gasteiger partial charge in [0.15, 0.2) is 7.14 Å². The minimum absolute atomic E-state index is 0.755. The van der Waals surface area contributed by atoms with Crippen LogP contribution in [-0.4, -0.2) is 8.07 Å². The van der Waals surface area contributed by atoms with Gasteiger partial charge in [-0.3, -0.25) is 0 Å². The van der Waals surface area contributed by atoms with Crippen molar-refractivity contribution in [3.63, 3.8) is 0 Å². The summed E-state index contributed by atoms with van der Waals surface area (Å²) in [4.78, 5) is 0. The summed E-state index contributed by atoms with van der Waals surface area (Å²) in [5, 5.41) is 7.76. The summed E-state index contributed by atoms with van der Waals surface area (Å²) >= 11 is 0. The second-order valence-corrected chi connectivity index (χ2v) is 16.7. The van der Waals surface area contributed by atoms with Gasteiger partial charge in [-0.15, -0.1) is 0 Å². The highest BCUT2D eigenvalue weighted by atomic mass is 31.2. The molecule has 0 saturated heterocycles. The number of fused-ring (bicyclic) bond motifs is 8. The van der Waals surface area contributed by atoms with E-state index < -0.39 is 15.2 Å². The fourth-order valence-electron chi connectivity index (χ4n) is 6.15. The van der Waals surface area contributed by atoms with Crippen LogP contribution in [0.5, 0.6) is 0 Å². The molecule has 1 aromatic heterocycles. The Hall–Kier alpha value is -3.39. The van der Waals surface area contributed by atoms with Crippen LogP contribution in [0.15, 0.2) is 108 Å². The lowest BCUT2D eigenvalue weighted by atomic mass is 9.91. The molecule has 4 aromatic carbocycles. The molecule has 0 bridgehead atoms. The average Bonchev–Trinajstić information content (AvgIpc) is 3.46. The normalized spacial score (nSPS) is 19.8. The summed E-state index contributed by atoms with van der Waals surface area (Å²) in [5.74, 6) is 0. The van der Waals surface area contributed by atoms with Crippen molar-refractivity contribution in [3.05, 3.63) is 120 Å². The predicted molar refractivity (Wildman–Crippen MR) is 145 cm³/mol. The van der Waals surface area contributed by atoms with E-state index in [0.717, 1.165) is 32.4 Å². The largest absolute Gasteiger partial charge is 0.472 e. The average molecular weight is 475 g/mol. The SMILES string of the molecule is C[Si]1(C)C2=C(c3ccccc31)c1c(ccc3ccccc13)P(=O)(c1ccoc1)c1ccccc12. The highest BCUT2D eigenvalue weighted by Crippen LogP contribution is 2.54. The van der Waals surface area contributed by atoms with E-state index in [2.05, 4.69) is 92.0 Å². The van der Waals surface area contributed by atoms with Gasteiger partial charge in [-0.25, -0.2) is 0 Å². The molecule has 5 aromatic rings. The van der Waals surface area contributed by atoms with Crippen LogP contribution in [0.25, 0.3) is 21.5 Å². The Bertz CT molecular complexity index is 1710. The van der Waals surface area contributed by atoms with Crippen LogP contribution in [0.3, 0.4) is 0 Å². The van der Waals surface area contributed by atoms with Crippen molar-refractivity contribution in [1.29, 1.82) is 0 Å². The van der Waals surface area contributed by atoms with Crippen LogP contribution in [0.1, 0.15) is 16.7 Å². The summed E-state index contributed by atoms with van der Waals surface area (Å²) in [6.45, 7) is 4.87. The highest BCUT2D eigenvalue weighted by molar-refractivity contribution is 7.85. The Morgan fingerprint density at radius 3 is 2.29 bits per heavy atom. The van der Waals surface area contributed by atoms with Gasteiger partial charge in [0, 0.05) is 16.2 Å². The van der Waals surface area contributed by atoms with E-state index in [0.29, 0.717) is 0 Å². The molecule has 0 fully saturated rings. The van der Waals surface area contributed by atoms with Gasteiger partial charge in [0.25, 0.3) is 0 Å². The fraction of sp³-hybridized carbons (Fsp3) is 0.0667. The molecule has 2 aliphatic heterocycles. The molecule has 0 saturated carbocycles. The molecular formula is C30H23O2PSi. The van der Waals surface area contributed by atoms with Crippen LogP contribution >= 0.6 is 7.14 Å². The number of rotatable bonds is 1. The zero-order chi connectivity index (χ0) is 23.1. The summed E-state index contributed by atoms with van der Waals surface area (Å²) in [6, 6.07) is 31.8. The van der Waals surface area contributed by atoms with Crippen LogP contribution in [0.4, 0.5) is 0 Å². The zero-order valence-electron chi connectivity index (χ0n) is 19.1. The quantitative estimate of drug-likeness (QED) is 0.227. The third-order valence-electron chi connectivity index (χ3n) is 7.62. The van der Waals surface area contributed by atoms with Gasteiger partial charge in [0.2, 0.25) is 0 Å². The first-order valence-electron chi connectivity index (χ1n) is 11.6. The van der Waals surface area contributed by atoms with Crippen molar-refractivity contribution in [1.82, 2.24) is 0 Å². The topological polar surface area (TPSA) is 30.2 Å². The van der Waals surface area contributed by atoms with Crippen LogP contribution in [-0.2, 0) is 4.57 Å². The van der Waals surface area contributed by atoms with Gasteiger partial charge >= 0.3 is 0 Å². The van der Waals surface area contributed by atoms with Crippen molar-refractivity contribution in [2.24, 2.45) is 0 Å². The third-order valence-corrected chi connectivity index (χ3v) is 14.3. The third kappa shape index (κ3) is 2.39. The second kappa shape index (κ2) is 6.82. The standard InChI is InChI=1S/C30H23O2PSi/c1-34(2)27-14-8-6-12-24(27)29-28-22-10-4-3-9-20(22)15-16-26(28)33(31,21-17-18-32-19-21)25-13-7-5-11-23(25)30(29)34/h3-19H,1-2H3. The molecule has 7 rings (SSSR count). The molecule has 0 N–H and O–H groups in total. The van der Waals surface area contributed by atoms with Crippen molar-refractivity contribution in [2.45, 2.75) is 13.1 Å². The first kappa shape index (κ1) is 20.0. The molecule has 1 unspecified atom stereocenters. The van der Waals surface area contributed by atoms with E-state index in [1.807, 2.05) is 12.1 Å². The van der Waals surface area contributed by atoms with E-state index >= 15 is 4.57 Å². The van der Waals surface area contributed by atoms with E-state index in [1.165, 1.54) is 26.9 Å². The molecule has 4 heteroatoms. The molecular weight excluding hydrogens is 451 g/mol. The van der Waals surface area contributed by atoms with E-state index in [-0.39, 0.29) is 0 Å². The molecule has 1 atom stereocenters. The Morgan fingerprint density at radius 2 is 1.47 bits per heavy atom. The van der Waals surface area contributed by atoms with Gasteiger partial charge in [0.1, 0.15) is 14.3 Å². The lowest BCUT2D eigenvalue weighted by molar-refractivity contribution is 0.567. The molecule has 2 aliphatic rings. The van der Waals surface area contributed by atoms with Crippen molar-refractivity contribution in [2.75, 3.05) is 0 Å². The van der Waals surface area contributed by atoms with Crippen molar-refractivity contribution < 1.29 is 8.98 Å². The first-order valence-corrected chi connectivity index (χ1v) is 16.3. The van der Waals surface area contributed by atoms with Gasteiger partial charge in [-0.2, -0.15) is 0 Å². The second-order valence-electron chi connectivity index (χ2n) is 9.71. The summed E-state index contributed by atoms with van der Waals surface area (Å²) in [5.41, 5.74) is 4.82.